The Morgan fingerprint density at radius 2 is 1.89 bits per heavy atom. The van der Waals surface area contributed by atoms with Gasteiger partial charge in [0, 0.05) is 13.2 Å². The molecule has 7 atom stereocenters. The second-order valence-corrected chi connectivity index (χ2v) is 11.7. The van der Waals surface area contributed by atoms with Crippen molar-refractivity contribution in [2.75, 3.05) is 19.4 Å². The van der Waals surface area contributed by atoms with Gasteiger partial charge in [0.25, 0.3) is 0 Å². The maximum Gasteiger partial charge on any atom is 0.208 e. The molecule has 0 radical (unpaired) electrons. The highest BCUT2D eigenvalue weighted by molar-refractivity contribution is 7.88. The Bertz CT molecular complexity index is 678. The minimum atomic E-state index is -3.25. The van der Waals surface area contributed by atoms with E-state index in [0.29, 0.717) is 24.8 Å². The Morgan fingerprint density at radius 1 is 1.19 bits per heavy atom. The highest BCUT2D eigenvalue weighted by Gasteiger charge is 2.56. The molecule has 0 spiro atoms. The molecule has 0 bridgehead atoms. The minimum absolute atomic E-state index is 0.0664. The summed E-state index contributed by atoms with van der Waals surface area (Å²) >= 11 is 0. The molecular formula is C21H37NO4S. The fourth-order valence-corrected chi connectivity index (χ4v) is 7.21. The van der Waals surface area contributed by atoms with Gasteiger partial charge in [0.2, 0.25) is 10.0 Å². The van der Waals surface area contributed by atoms with E-state index in [4.69, 9.17) is 0 Å². The molecule has 3 aliphatic carbocycles. The number of rotatable bonds is 5. The molecule has 0 aromatic rings. The zero-order valence-electron chi connectivity index (χ0n) is 17.1. The van der Waals surface area contributed by atoms with Crippen LogP contribution >= 0.6 is 0 Å². The van der Waals surface area contributed by atoms with E-state index < -0.39 is 10.0 Å². The van der Waals surface area contributed by atoms with Crippen LogP contribution in [0.25, 0.3) is 0 Å². The molecular weight excluding hydrogens is 362 g/mol. The number of nitrogens with one attached hydrogen (secondary N) is 1. The lowest BCUT2D eigenvalue weighted by Crippen LogP contribution is -2.53. The van der Waals surface area contributed by atoms with Crippen LogP contribution in [0.1, 0.15) is 58.8 Å². The van der Waals surface area contributed by atoms with Crippen LogP contribution in [-0.4, -0.2) is 44.1 Å². The first-order valence-electron chi connectivity index (χ1n) is 10.4. The van der Waals surface area contributed by atoms with Crippen molar-refractivity contribution in [3.8, 4) is 0 Å². The smallest absolute Gasteiger partial charge is 0.208 e. The van der Waals surface area contributed by atoms with E-state index in [0.717, 1.165) is 38.5 Å². The summed E-state index contributed by atoms with van der Waals surface area (Å²) < 4.78 is 26.5. The lowest BCUT2D eigenvalue weighted by Gasteiger charge is -2.56. The first-order valence-corrected chi connectivity index (χ1v) is 12.3. The number of fused-ring (bicyclic) bond motifs is 1. The lowest BCUT2D eigenvalue weighted by molar-refractivity contribution is -0.0923. The first-order chi connectivity index (χ1) is 12.5. The molecule has 0 aromatic carbocycles. The number of hydrogen-bond acceptors (Lipinski definition) is 4. The van der Waals surface area contributed by atoms with Crippen LogP contribution in [0, 0.1) is 34.5 Å². The van der Waals surface area contributed by atoms with E-state index in [9.17, 15) is 18.6 Å². The summed E-state index contributed by atoms with van der Waals surface area (Å²) in [5.41, 5.74) is 1.35. The van der Waals surface area contributed by atoms with Crippen LogP contribution < -0.4 is 4.72 Å². The average molecular weight is 400 g/mol. The summed E-state index contributed by atoms with van der Waals surface area (Å²) in [5.74, 6) is 1.09. The number of aliphatic hydroxyl groups excluding tert-OH is 2. The maximum atomic E-state index is 11.8. The summed E-state index contributed by atoms with van der Waals surface area (Å²) in [6.45, 7) is 9.47. The van der Waals surface area contributed by atoms with Crippen LogP contribution in [0.3, 0.4) is 0 Å². The van der Waals surface area contributed by atoms with Gasteiger partial charge in [-0.05, 0) is 79.4 Å². The Balaban J connectivity index is 1.93. The highest BCUT2D eigenvalue weighted by Crippen LogP contribution is 2.63. The number of sulfonamides is 1. The molecule has 3 aliphatic rings. The molecule has 0 aliphatic heterocycles. The zero-order valence-corrected chi connectivity index (χ0v) is 17.9. The number of allylic oxidation sites excluding steroid dienone is 1. The van der Waals surface area contributed by atoms with Crippen molar-refractivity contribution in [2.45, 2.75) is 64.9 Å². The quantitative estimate of drug-likeness (QED) is 0.621. The third kappa shape index (κ3) is 3.87. The van der Waals surface area contributed by atoms with Crippen LogP contribution in [0.2, 0.25) is 0 Å². The van der Waals surface area contributed by atoms with Gasteiger partial charge in [-0.1, -0.05) is 26.0 Å². The predicted octanol–water partition coefficient (Wildman–Crippen LogP) is 2.69. The molecule has 0 amide bonds. The van der Waals surface area contributed by atoms with Crippen molar-refractivity contribution in [3.05, 3.63) is 12.2 Å². The summed E-state index contributed by atoms with van der Waals surface area (Å²) in [7, 11) is -3.25. The average Bonchev–Trinajstić information content (AvgIpc) is 2.89. The molecule has 3 N–H and O–H groups in total. The fourth-order valence-electron chi connectivity index (χ4n) is 6.71. The van der Waals surface area contributed by atoms with Gasteiger partial charge in [0.1, 0.15) is 0 Å². The summed E-state index contributed by atoms with van der Waals surface area (Å²) in [4.78, 5) is 0. The molecule has 0 saturated heterocycles. The standard InChI is InChI=1S/C21H37NO4S/c1-14-5-6-18-17(12-22-27(4,25)26)19(8-10-20(14,18)2)21(3)9-7-16(24)11-15(21)13-23/h15-19,22-24H,1,5-13H2,2-4H3. The van der Waals surface area contributed by atoms with Gasteiger partial charge >= 0.3 is 0 Å². The molecule has 3 fully saturated rings. The second-order valence-electron chi connectivity index (χ2n) is 9.91. The molecule has 3 rings (SSSR count). The van der Waals surface area contributed by atoms with Crippen LogP contribution in [0.5, 0.6) is 0 Å². The van der Waals surface area contributed by atoms with Crippen molar-refractivity contribution in [1.82, 2.24) is 4.72 Å². The zero-order chi connectivity index (χ0) is 20.0. The van der Waals surface area contributed by atoms with Crippen molar-refractivity contribution in [3.63, 3.8) is 0 Å². The van der Waals surface area contributed by atoms with Gasteiger partial charge in [-0.2, -0.15) is 0 Å². The summed E-state index contributed by atoms with van der Waals surface area (Å²) in [5, 5.41) is 20.2. The molecule has 6 heteroatoms. The number of hydrogen-bond donors (Lipinski definition) is 3. The summed E-state index contributed by atoms with van der Waals surface area (Å²) in [6.07, 6.45) is 7.43. The van der Waals surface area contributed by atoms with E-state index in [1.807, 2.05) is 0 Å². The molecule has 5 nitrogen and oxygen atoms in total. The Labute approximate surface area is 164 Å². The molecule has 3 saturated carbocycles. The maximum absolute atomic E-state index is 11.8. The van der Waals surface area contributed by atoms with Gasteiger partial charge < -0.3 is 10.2 Å². The third-order valence-electron chi connectivity index (χ3n) is 8.55. The molecule has 0 aromatic heterocycles. The lowest BCUT2D eigenvalue weighted by atomic mass is 9.49. The van der Waals surface area contributed by atoms with Crippen LogP contribution in [0.4, 0.5) is 0 Å². The van der Waals surface area contributed by atoms with E-state index in [1.54, 1.807) is 0 Å². The van der Waals surface area contributed by atoms with Crippen molar-refractivity contribution >= 4 is 10.0 Å². The normalized spacial score (nSPS) is 45.7. The largest absolute Gasteiger partial charge is 0.396 e. The van der Waals surface area contributed by atoms with Gasteiger partial charge in [0.15, 0.2) is 0 Å². The van der Waals surface area contributed by atoms with E-state index in [-0.39, 0.29) is 35.4 Å². The summed E-state index contributed by atoms with van der Waals surface area (Å²) in [6, 6.07) is 0. The van der Waals surface area contributed by atoms with Crippen molar-refractivity contribution < 1.29 is 18.6 Å². The van der Waals surface area contributed by atoms with Gasteiger partial charge in [-0.3, -0.25) is 0 Å². The third-order valence-corrected chi connectivity index (χ3v) is 9.24. The highest BCUT2D eigenvalue weighted by atomic mass is 32.2. The number of aliphatic hydroxyl groups is 2. The predicted molar refractivity (Wildman–Crippen MR) is 108 cm³/mol. The minimum Gasteiger partial charge on any atom is -0.396 e. The molecule has 0 heterocycles. The monoisotopic (exact) mass is 399 g/mol. The van der Waals surface area contributed by atoms with Gasteiger partial charge in [0.05, 0.1) is 12.4 Å². The van der Waals surface area contributed by atoms with Crippen LogP contribution in [-0.2, 0) is 10.0 Å². The van der Waals surface area contributed by atoms with E-state index >= 15 is 0 Å². The topological polar surface area (TPSA) is 86.6 Å². The fraction of sp³-hybridized carbons (Fsp3) is 0.905. The van der Waals surface area contributed by atoms with Crippen molar-refractivity contribution in [1.29, 1.82) is 0 Å². The Hall–Kier alpha value is -0.430. The van der Waals surface area contributed by atoms with Crippen LogP contribution in [0.15, 0.2) is 12.2 Å². The SMILES string of the molecule is C=C1CCC2C(CNS(C)(=O)=O)C(C3(C)CCC(O)CC3CO)CCC12C. The van der Waals surface area contributed by atoms with Gasteiger partial charge in [-0.25, -0.2) is 13.1 Å². The first kappa shape index (κ1) is 21.3. The molecule has 7 unspecified atom stereocenters. The Kier molecular flexibility index (Phi) is 5.86. The van der Waals surface area contributed by atoms with Crippen molar-refractivity contribution in [2.24, 2.45) is 34.5 Å². The van der Waals surface area contributed by atoms with Gasteiger partial charge in [-0.15, -0.1) is 0 Å². The molecule has 27 heavy (non-hydrogen) atoms. The van der Waals surface area contributed by atoms with E-state index in [2.05, 4.69) is 25.1 Å². The second kappa shape index (κ2) is 7.43. The Morgan fingerprint density at radius 3 is 2.52 bits per heavy atom. The molecule has 156 valence electrons. The van der Waals surface area contributed by atoms with E-state index in [1.165, 1.54) is 11.8 Å².